The van der Waals surface area contributed by atoms with Gasteiger partial charge in [-0.1, -0.05) is 111 Å². The first-order valence-corrected chi connectivity index (χ1v) is 12.0. The Kier molecular flexibility index (Phi) is 5.77. The van der Waals surface area contributed by atoms with Crippen LogP contribution in [0.4, 0.5) is 0 Å². The summed E-state index contributed by atoms with van der Waals surface area (Å²) in [5.41, 5.74) is 13.7. The molecule has 1 fully saturated rings. The van der Waals surface area contributed by atoms with Crippen molar-refractivity contribution in [3.8, 4) is 0 Å². The first-order valence-electron chi connectivity index (χ1n) is 12.0. The van der Waals surface area contributed by atoms with Crippen LogP contribution in [0.2, 0.25) is 0 Å². The Balaban J connectivity index is 1.80. The van der Waals surface area contributed by atoms with Crippen LogP contribution in [-0.2, 0) is 6.42 Å². The molecule has 2 unspecified atom stereocenters. The number of rotatable bonds is 3. The van der Waals surface area contributed by atoms with E-state index in [1.165, 1.54) is 55.7 Å². The molecule has 0 aromatic heterocycles. The zero-order chi connectivity index (χ0) is 22.9. The normalized spacial score (nSPS) is 21.9. The highest BCUT2D eigenvalue weighted by atomic mass is 14.3. The van der Waals surface area contributed by atoms with E-state index in [4.69, 9.17) is 0 Å². The number of aryl methyl sites for hydroxylation is 1. The molecule has 3 aromatic rings. The summed E-state index contributed by atoms with van der Waals surface area (Å²) in [4.78, 5) is 0. The lowest BCUT2D eigenvalue weighted by Crippen LogP contribution is -2.18. The van der Waals surface area contributed by atoms with Gasteiger partial charge in [0.25, 0.3) is 0 Å². The second-order valence-corrected chi connectivity index (χ2v) is 9.70. The van der Waals surface area contributed by atoms with Crippen LogP contribution < -0.4 is 0 Å². The quantitative estimate of drug-likeness (QED) is 0.366. The van der Waals surface area contributed by atoms with Gasteiger partial charge in [-0.15, -0.1) is 0 Å². The van der Waals surface area contributed by atoms with Gasteiger partial charge in [-0.05, 0) is 82.2 Å². The third-order valence-corrected chi connectivity index (χ3v) is 7.32. The molecule has 0 aliphatic heterocycles. The highest BCUT2D eigenvalue weighted by Gasteiger charge is 2.31. The SMILES string of the molecule is C=C1CC(=C)C(=CC2=C(c3ccccc3)Cc3ccccc3C2c2ccccc2C)C(C)C1. The topological polar surface area (TPSA) is 0 Å². The second-order valence-electron chi connectivity index (χ2n) is 9.70. The van der Waals surface area contributed by atoms with Crippen molar-refractivity contribution in [1.29, 1.82) is 0 Å². The Hall–Kier alpha value is -3.38. The summed E-state index contributed by atoms with van der Waals surface area (Å²) in [7, 11) is 0. The predicted molar refractivity (Wildman–Crippen MR) is 141 cm³/mol. The molecule has 0 amide bonds. The summed E-state index contributed by atoms with van der Waals surface area (Å²) in [6.45, 7) is 13.3. The lowest BCUT2D eigenvalue weighted by atomic mass is 9.70. The van der Waals surface area contributed by atoms with Crippen molar-refractivity contribution in [3.63, 3.8) is 0 Å². The Morgan fingerprint density at radius 1 is 0.788 bits per heavy atom. The van der Waals surface area contributed by atoms with Crippen molar-refractivity contribution < 1.29 is 0 Å². The second kappa shape index (κ2) is 8.87. The van der Waals surface area contributed by atoms with E-state index in [1.54, 1.807) is 0 Å². The molecule has 33 heavy (non-hydrogen) atoms. The van der Waals surface area contributed by atoms with Crippen molar-refractivity contribution in [3.05, 3.63) is 148 Å². The van der Waals surface area contributed by atoms with Gasteiger partial charge in [-0.25, -0.2) is 0 Å². The Bertz CT molecular complexity index is 1280. The molecule has 0 heteroatoms. The predicted octanol–water partition coefficient (Wildman–Crippen LogP) is 8.61. The van der Waals surface area contributed by atoms with Gasteiger partial charge in [0.1, 0.15) is 0 Å². The van der Waals surface area contributed by atoms with Crippen molar-refractivity contribution in [2.45, 2.75) is 39.0 Å². The molecule has 3 aromatic carbocycles. The summed E-state index contributed by atoms with van der Waals surface area (Å²) in [6, 6.07) is 28.8. The van der Waals surface area contributed by atoms with Crippen LogP contribution >= 0.6 is 0 Å². The Morgan fingerprint density at radius 2 is 1.45 bits per heavy atom. The van der Waals surface area contributed by atoms with E-state index in [9.17, 15) is 0 Å². The first kappa shape index (κ1) is 21.5. The summed E-state index contributed by atoms with van der Waals surface area (Å²) in [5.74, 6) is 0.655. The maximum atomic E-state index is 4.47. The standard InChI is InChI=1S/C33H32/c1-22-18-24(3)30(25(4)19-22)21-32-31(26-13-6-5-7-14-26)20-27-15-9-11-17-29(27)33(32)28-16-10-8-12-23(28)2/h5-17,21,25,33H,1,3,18-20H2,2,4H3. The Morgan fingerprint density at radius 3 is 2.18 bits per heavy atom. The number of hydrogen-bond donors (Lipinski definition) is 0. The van der Waals surface area contributed by atoms with Crippen molar-refractivity contribution in [2.24, 2.45) is 5.92 Å². The van der Waals surface area contributed by atoms with E-state index in [-0.39, 0.29) is 5.92 Å². The largest absolute Gasteiger partial charge is 0.0995 e. The number of hydrogen-bond acceptors (Lipinski definition) is 0. The van der Waals surface area contributed by atoms with E-state index in [1.807, 2.05) is 0 Å². The van der Waals surface area contributed by atoms with Gasteiger partial charge in [0.05, 0.1) is 0 Å². The van der Waals surface area contributed by atoms with Gasteiger partial charge < -0.3 is 0 Å². The lowest BCUT2D eigenvalue weighted by molar-refractivity contribution is 0.632. The average Bonchev–Trinajstić information content (AvgIpc) is 2.82. The van der Waals surface area contributed by atoms with E-state index in [2.05, 4.69) is 112 Å². The maximum Gasteiger partial charge on any atom is 0.0348 e. The minimum Gasteiger partial charge on any atom is -0.0995 e. The van der Waals surface area contributed by atoms with Crippen LogP contribution in [0.1, 0.15) is 53.5 Å². The van der Waals surface area contributed by atoms with Gasteiger partial charge in [0.2, 0.25) is 0 Å². The lowest BCUT2D eigenvalue weighted by Gasteiger charge is -2.34. The Labute approximate surface area is 198 Å². The molecule has 1 saturated carbocycles. The average molecular weight is 429 g/mol. The number of fused-ring (bicyclic) bond motifs is 1. The molecule has 0 heterocycles. The maximum absolute atomic E-state index is 4.47. The van der Waals surface area contributed by atoms with Gasteiger partial charge in [0, 0.05) is 5.92 Å². The van der Waals surface area contributed by atoms with Gasteiger partial charge in [0.15, 0.2) is 0 Å². The van der Waals surface area contributed by atoms with Crippen molar-refractivity contribution >= 4 is 5.57 Å². The smallest absolute Gasteiger partial charge is 0.0348 e. The molecular formula is C33H32. The molecule has 2 aliphatic rings. The van der Waals surface area contributed by atoms with E-state index >= 15 is 0 Å². The zero-order valence-electron chi connectivity index (χ0n) is 19.8. The van der Waals surface area contributed by atoms with E-state index in [0.717, 1.165) is 19.3 Å². The van der Waals surface area contributed by atoms with Gasteiger partial charge in [-0.3, -0.25) is 0 Å². The molecule has 0 radical (unpaired) electrons. The molecule has 0 bridgehead atoms. The highest BCUT2D eigenvalue weighted by Crippen LogP contribution is 2.47. The molecule has 0 N–H and O–H groups in total. The van der Waals surface area contributed by atoms with E-state index in [0.29, 0.717) is 5.92 Å². The number of allylic oxidation sites excluding steroid dienone is 6. The summed E-state index contributed by atoms with van der Waals surface area (Å²) in [5, 5.41) is 0. The molecular weight excluding hydrogens is 396 g/mol. The first-order chi connectivity index (χ1) is 16.0. The summed E-state index contributed by atoms with van der Waals surface area (Å²) in [6.07, 6.45) is 5.41. The molecule has 0 spiro atoms. The monoisotopic (exact) mass is 428 g/mol. The third-order valence-electron chi connectivity index (χ3n) is 7.32. The van der Waals surface area contributed by atoms with Crippen LogP contribution in [0.25, 0.3) is 5.57 Å². The molecule has 2 atom stereocenters. The zero-order valence-corrected chi connectivity index (χ0v) is 19.8. The van der Waals surface area contributed by atoms with Gasteiger partial charge in [-0.2, -0.15) is 0 Å². The van der Waals surface area contributed by atoms with Crippen LogP contribution in [0, 0.1) is 12.8 Å². The molecule has 0 saturated heterocycles. The molecule has 164 valence electrons. The summed E-state index contributed by atoms with van der Waals surface area (Å²) < 4.78 is 0. The molecule has 5 rings (SSSR count). The highest BCUT2D eigenvalue weighted by molar-refractivity contribution is 5.79. The van der Waals surface area contributed by atoms with Crippen LogP contribution in [-0.4, -0.2) is 0 Å². The van der Waals surface area contributed by atoms with Crippen LogP contribution in [0.3, 0.4) is 0 Å². The fourth-order valence-electron chi connectivity index (χ4n) is 5.71. The van der Waals surface area contributed by atoms with Crippen LogP contribution in [0.5, 0.6) is 0 Å². The third kappa shape index (κ3) is 4.07. The summed E-state index contributed by atoms with van der Waals surface area (Å²) >= 11 is 0. The molecule has 0 nitrogen and oxygen atoms in total. The fraction of sp³-hybridized carbons (Fsp3) is 0.212. The van der Waals surface area contributed by atoms with Crippen molar-refractivity contribution in [1.82, 2.24) is 0 Å². The minimum atomic E-state index is 0.212. The van der Waals surface area contributed by atoms with Crippen LogP contribution in [0.15, 0.2) is 120 Å². The fourth-order valence-corrected chi connectivity index (χ4v) is 5.71. The minimum absolute atomic E-state index is 0.212. The van der Waals surface area contributed by atoms with E-state index < -0.39 is 0 Å². The molecule has 2 aliphatic carbocycles. The number of benzene rings is 3. The van der Waals surface area contributed by atoms with Crippen molar-refractivity contribution in [2.75, 3.05) is 0 Å². The van der Waals surface area contributed by atoms with Gasteiger partial charge >= 0.3 is 0 Å².